The molecular formula is C45H57N3O7. The summed E-state index contributed by atoms with van der Waals surface area (Å²) in [6.07, 6.45) is 5.55. The fourth-order valence-corrected chi connectivity index (χ4v) is 10.6. The van der Waals surface area contributed by atoms with Crippen molar-refractivity contribution in [2.75, 3.05) is 39.5 Å². The quantitative estimate of drug-likeness (QED) is 0.163. The molecule has 3 aromatic rings. The molecule has 3 unspecified atom stereocenters. The summed E-state index contributed by atoms with van der Waals surface area (Å²) in [4.78, 5) is 30.4. The highest BCUT2D eigenvalue weighted by Crippen LogP contribution is 2.57. The number of nitrogens with one attached hydrogen (secondary N) is 2. The summed E-state index contributed by atoms with van der Waals surface area (Å²) in [5.74, 6) is 1.75. The average molecular weight is 752 g/mol. The third-order valence-corrected chi connectivity index (χ3v) is 12.9. The van der Waals surface area contributed by atoms with Gasteiger partial charge in [-0.25, -0.2) is 4.79 Å². The standard InChI is InChI=1S/C45H57N3O7/c49-40(39(24-30-6-2-1-3-7-30)46-44(52)55-45-27-32-20-33(28-45)22-34(21-32)29-45)26-36(43(51)47-42-38-9-5-4-8-35(38)25-41(42)50)23-31-10-12-37(13-11-31)54-19-16-48-14-17-53-18-15-48/h1-13,32-34,36,39-42,49-50H,14-29H2,(H,46,52)(H,47,51)/t32?,33?,34?,36?,39?,40?,41-,42-,45?/m0/s1. The van der Waals surface area contributed by atoms with E-state index in [9.17, 15) is 19.8 Å². The van der Waals surface area contributed by atoms with Crippen molar-refractivity contribution >= 4 is 12.0 Å². The van der Waals surface area contributed by atoms with E-state index in [1.165, 1.54) is 19.3 Å². The van der Waals surface area contributed by atoms with Crippen LogP contribution in [-0.2, 0) is 33.5 Å². The molecule has 1 saturated heterocycles. The topological polar surface area (TPSA) is 130 Å². The van der Waals surface area contributed by atoms with Crippen LogP contribution in [0.2, 0.25) is 0 Å². The Bertz CT molecular complexity index is 1710. The molecule has 10 nitrogen and oxygen atoms in total. The summed E-state index contributed by atoms with van der Waals surface area (Å²) in [7, 11) is 0. The highest BCUT2D eigenvalue weighted by atomic mass is 16.6. The van der Waals surface area contributed by atoms with Crippen LogP contribution in [0.3, 0.4) is 0 Å². The summed E-state index contributed by atoms with van der Waals surface area (Å²) in [5, 5.41) is 29.3. The number of morpholine rings is 1. The van der Waals surface area contributed by atoms with Crippen molar-refractivity contribution < 1.29 is 34.0 Å². The van der Waals surface area contributed by atoms with Crippen molar-refractivity contribution in [3.63, 3.8) is 0 Å². The zero-order valence-corrected chi connectivity index (χ0v) is 31.8. The number of fused-ring (bicyclic) bond motifs is 1. The largest absolute Gasteiger partial charge is 0.492 e. The molecule has 55 heavy (non-hydrogen) atoms. The van der Waals surface area contributed by atoms with E-state index >= 15 is 0 Å². The highest BCUT2D eigenvalue weighted by Gasteiger charge is 2.53. The number of hydrogen-bond acceptors (Lipinski definition) is 8. The molecule has 0 radical (unpaired) electrons. The van der Waals surface area contributed by atoms with Gasteiger partial charge in [0.05, 0.1) is 37.5 Å². The highest BCUT2D eigenvalue weighted by molar-refractivity contribution is 5.80. The first-order valence-electron chi connectivity index (χ1n) is 20.6. The zero-order chi connectivity index (χ0) is 37.8. The summed E-state index contributed by atoms with van der Waals surface area (Å²) < 4.78 is 17.8. The fraction of sp³-hybridized carbons (Fsp3) is 0.556. The maximum Gasteiger partial charge on any atom is 0.408 e. The number of alkyl carbamates (subject to hydrolysis) is 1. The van der Waals surface area contributed by atoms with E-state index in [1.807, 2.05) is 78.9 Å². The van der Waals surface area contributed by atoms with Crippen molar-refractivity contribution in [3.8, 4) is 5.75 Å². The Morgan fingerprint density at radius 2 is 1.51 bits per heavy atom. The van der Waals surface area contributed by atoms with Crippen LogP contribution >= 0.6 is 0 Å². The smallest absolute Gasteiger partial charge is 0.408 e. The van der Waals surface area contributed by atoms with E-state index < -0.39 is 41.9 Å². The number of aliphatic hydroxyl groups excluding tert-OH is 2. The van der Waals surface area contributed by atoms with Gasteiger partial charge in [0, 0.05) is 32.0 Å². The third-order valence-electron chi connectivity index (χ3n) is 12.9. The minimum absolute atomic E-state index is 0.100. The molecule has 6 aliphatic rings. The average Bonchev–Trinajstić information content (AvgIpc) is 3.49. The third kappa shape index (κ3) is 9.37. The zero-order valence-electron chi connectivity index (χ0n) is 31.8. The van der Waals surface area contributed by atoms with E-state index in [0.29, 0.717) is 43.6 Å². The SMILES string of the molecule is O=C(NC(Cc1ccccc1)C(O)CC(Cc1ccc(OCCN2CCOCC2)cc1)C(=O)N[C@H]1c2ccccc2C[C@@H]1O)OC12CC3CC(CC(C3)C1)C2. The van der Waals surface area contributed by atoms with Crippen molar-refractivity contribution in [3.05, 3.63) is 101 Å². The Morgan fingerprint density at radius 1 is 0.855 bits per heavy atom. The van der Waals surface area contributed by atoms with Gasteiger partial charge < -0.3 is 35.1 Å². The number of amides is 2. The van der Waals surface area contributed by atoms with Gasteiger partial charge in [0.25, 0.3) is 0 Å². The first-order valence-corrected chi connectivity index (χ1v) is 20.6. The molecule has 4 bridgehead atoms. The maximum atomic E-state index is 14.3. The van der Waals surface area contributed by atoms with E-state index in [0.717, 1.165) is 80.1 Å². The maximum absolute atomic E-state index is 14.3. The first-order chi connectivity index (χ1) is 26.8. The molecule has 0 spiro atoms. The Kier molecular flexibility index (Phi) is 11.8. The number of hydrogen-bond donors (Lipinski definition) is 4. The van der Waals surface area contributed by atoms with Gasteiger partial charge in [0.15, 0.2) is 0 Å². The van der Waals surface area contributed by atoms with Gasteiger partial charge in [0.1, 0.15) is 18.0 Å². The molecule has 2 amide bonds. The lowest BCUT2D eigenvalue weighted by Gasteiger charge is -2.55. The van der Waals surface area contributed by atoms with Gasteiger partial charge in [-0.2, -0.15) is 0 Å². The molecule has 10 heteroatoms. The lowest BCUT2D eigenvalue weighted by atomic mass is 9.54. The number of benzene rings is 3. The summed E-state index contributed by atoms with van der Waals surface area (Å²) in [6, 6.07) is 24.2. The van der Waals surface area contributed by atoms with Gasteiger partial charge in [0.2, 0.25) is 5.91 Å². The molecule has 5 aliphatic carbocycles. The van der Waals surface area contributed by atoms with Gasteiger partial charge in [-0.15, -0.1) is 0 Å². The molecule has 4 N–H and O–H groups in total. The van der Waals surface area contributed by atoms with Crippen LogP contribution in [0.25, 0.3) is 0 Å². The van der Waals surface area contributed by atoms with E-state index in [2.05, 4.69) is 15.5 Å². The second kappa shape index (κ2) is 17.0. The molecule has 1 aliphatic heterocycles. The molecular weight excluding hydrogens is 695 g/mol. The number of carbonyl (C=O) groups is 2. The lowest BCUT2D eigenvalue weighted by Crippen LogP contribution is -2.55. The Morgan fingerprint density at radius 3 is 2.22 bits per heavy atom. The lowest BCUT2D eigenvalue weighted by molar-refractivity contribution is -0.128. The van der Waals surface area contributed by atoms with Crippen molar-refractivity contribution in [1.82, 2.24) is 15.5 Å². The van der Waals surface area contributed by atoms with Crippen molar-refractivity contribution in [1.29, 1.82) is 0 Å². The van der Waals surface area contributed by atoms with E-state index in [4.69, 9.17) is 14.2 Å². The van der Waals surface area contributed by atoms with Gasteiger partial charge in [-0.3, -0.25) is 9.69 Å². The van der Waals surface area contributed by atoms with Crippen LogP contribution in [0.4, 0.5) is 4.79 Å². The van der Waals surface area contributed by atoms with E-state index in [-0.39, 0.29) is 12.3 Å². The predicted molar refractivity (Wildman–Crippen MR) is 209 cm³/mol. The summed E-state index contributed by atoms with van der Waals surface area (Å²) in [6.45, 7) is 4.72. The predicted octanol–water partition coefficient (Wildman–Crippen LogP) is 5.39. The molecule has 0 aromatic heterocycles. The second-order valence-electron chi connectivity index (χ2n) is 17.0. The van der Waals surface area contributed by atoms with Gasteiger partial charge in [-0.05, 0) is 110 Å². The molecule has 4 saturated carbocycles. The van der Waals surface area contributed by atoms with Crippen LogP contribution < -0.4 is 15.4 Å². The number of nitrogens with zero attached hydrogens (tertiary/aromatic N) is 1. The number of carbonyl (C=O) groups excluding carboxylic acids is 2. The van der Waals surface area contributed by atoms with Crippen LogP contribution in [0.15, 0.2) is 78.9 Å². The Balaban J connectivity index is 0.973. The normalized spacial score (nSPS) is 28.5. The Hall–Kier alpha value is -3.96. The van der Waals surface area contributed by atoms with E-state index in [1.54, 1.807) is 0 Å². The summed E-state index contributed by atoms with van der Waals surface area (Å²) >= 11 is 0. The minimum Gasteiger partial charge on any atom is -0.492 e. The van der Waals surface area contributed by atoms with Gasteiger partial charge in [-0.1, -0.05) is 66.7 Å². The molecule has 3 aromatic carbocycles. The molecule has 5 fully saturated rings. The number of ether oxygens (including phenoxy) is 3. The molecule has 5 atom stereocenters. The Labute approximate surface area is 324 Å². The van der Waals surface area contributed by atoms with Crippen molar-refractivity contribution in [2.45, 2.75) is 94.1 Å². The van der Waals surface area contributed by atoms with Crippen LogP contribution in [0, 0.1) is 23.7 Å². The molecule has 294 valence electrons. The molecule has 1 heterocycles. The number of rotatable bonds is 15. The van der Waals surface area contributed by atoms with Crippen LogP contribution in [0.1, 0.15) is 73.2 Å². The summed E-state index contributed by atoms with van der Waals surface area (Å²) in [5.41, 5.74) is 3.41. The molecule has 9 rings (SSSR count). The van der Waals surface area contributed by atoms with Crippen molar-refractivity contribution in [2.24, 2.45) is 23.7 Å². The number of aliphatic hydroxyl groups is 2. The minimum atomic E-state index is -1.05. The van der Waals surface area contributed by atoms with Crippen LogP contribution in [-0.4, -0.2) is 90.4 Å². The monoisotopic (exact) mass is 751 g/mol. The second-order valence-corrected chi connectivity index (χ2v) is 17.0. The van der Waals surface area contributed by atoms with Gasteiger partial charge >= 0.3 is 6.09 Å². The van der Waals surface area contributed by atoms with Crippen LogP contribution in [0.5, 0.6) is 5.75 Å². The fourth-order valence-electron chi connectivity index (χ4n) is 10.6. The first kappa shape index (κ1) is 37.9.